The van der Waals surface area contributed by atoms with Crippen LogP contribution in [0.15, 0.2) is 53.2 Å². The third-order valence-corrected chi connectivity index (χ3v) is 3.81. The van der Waals surface area contributed by atoms with Gasteiger partial charge in [0.15, 0.2) is 5.70 Å². The number of cyclic esters (lactones) is 1. The second kappa shape index (κ2) is 7.87. The molecule has 5 heteroatoms. The van der Waals surface area contributed by atoms with Crippen molar-refractivity contribution in [2.75, 3.05) is 13.2 Å². The first-order valence-corrected chi connectivity index (χ1v) is 8.60. The van der Waals surface area contributed by atoms with Crippen LogP contribution < -0.4 is 9.47 Å². The van der Waals surface area contributed by atoms with Crippen molar-refractivity contribution in [3.63, 3.8) is 0 Å². The highest BCUT2D eigenvalue weighted by Gasteiger charge is 2.24. The van der Waals surface area contributed by atoms with Crippen molar-refractivity contribution in [1.29, 1.82) is 0 Å². The SMILES string of the molecule is CCOc1ccc(/C=C2\N=C(c3ccc(C)cc3)OC2=O)c(OCC)c1. The van der Waals surface area contributed by atoms with Gasteiger partial charge in [-0.25, -0.2) is 9.79 Å². The molecule has 0 fully saturated rings. The number of hydrogen-bond acceptors (Lipinski definition) is 5. The predicted molar refractivity (Wildman–Crippen MR) is 101 cm³/mol. The number of benzene rings is 2. The van der Waals surface area contributed by atoms with E-state index in [4.69, 9.17) is 14.2 Å². The van der Waals surface area contributed by atoms with Gasteiger partial charge >= 0.3 is 5.97 Å². The van der Waals surface area contributed by atoms with E-state index in [1.807, 2.05) is 63.2 Å². The quantitative estimate of drug-likeness (QED) is 0.580. The van der Waals surface area contributed by atoms with Gasteiger partial charge in [-0.05, 0) is 51.1 Å². The van der Waals surface area contributed by atoms with E-state index < -0.39 is 5.97 Å². The van der Waals surface area contributed by atoms with Gasteiger partial charge in [-0.1, -0.05) is 17.7 Å². The van der Waals surface area contributed by atoms with Crippen LogP contribution in [-0.4, -0.2) is 25.1 Å². The first-order chi connectivity index (χ1) is 12.6. The lowest BCUT2D eigenvalue weighted by atomic mass is 10.1. The highest BCUT2D eigenvalue weighted by molar-refractivity contribution is 6.12. The molecule has 134 valence electrons. The lowest BCUT2D eigenvalue weighted by molar-refractivity contribution is -0.129. The van der Waals surface area contributed by atoms with E-state index in [-0.39, 0.29) is 5.70 Å². The second-order valence-corrected chi connectivity index (χ2v) is 5.77. The van der Waals surface area contributed by atoms with Gasteiger partial charge in [-0.2, -0.15) is 0 Å². The van der Waals surface area contributed by atoms with Crippen LogP contribution in [0.2, 0.25) is 0 Å². The summed E-state index contributed by atoms with van der Waals surface area (Å²) in [6.07, 6.45) is 1.67. The molecule has 0 unspecified atom stereocenters. The summed E-state index contributed by atoms with van der Waals surface area (Å²) in [5, 5.41) is 0. The zero-order valence-electron chi connectivity index (χ0n) is 15.1. The zero-order valence-corrected chi connectivity index (χ0v) is 15.1. The van der Waals surface area contributed by atoms with Crippen LogP contribution in [-0.2, 0) is 9.53 Å². The minimum Gasteiger partial charge on any atom is -0.494 e. The van der Waals surface area contributed by atoms with Gasteiger partial charge in [-0.15, -0.1) is 0 Å². The summed E-state index contributed by atoms with van der Waals surface area (Å²) in [7, 11) is 0. The summed E-state index contributed by atoms with van der Waals surface area (Å²) in [5.41, 5.74) is 2.89. The molecule has 2 aromatic rings. The maximum atomic E-state index is 12.2. The van der Waals surface area contributed by atoms with E-state index in [9.17, 15) is 4.79 Å². The number of rotatable bonds is 6. The third-order valence-electron chi connectivity index (χ3n) is 3.81. The van der Waals surface area contributed by atoms with Crippen molar-refractivity contribution in [2.24, 2.45) is 4.99 Å². The van der Waals surface area contributed by atoms with Gasteiger partial charge < -0.3 is 14.2 Å². The summed E-state index contributed by atoms with van der Waals surface area (Å²) in [4.78, 5) is 16.5. The Bertz CT molecular complexity index is 866. The Morgan fingerprint density at radius 1 is 1.04 bits per heavy atom. The summed E-state index contributed by atoms with van der Waals surface area (Å²) in [5.74, 6) is 1.19. The first-order valence-electron chi connectivity index (χ1n) is 8.60. The Labute approximate surface area is 152 Å². The Morgan fingerprint density at radius 2 is 1.77 bits per heavy atom. The van der Waals surface area contributed by atoms with E-state index in [1.54, 1.807) is 6.08 Å². The average Bonchev–Trinajstić information content (AvgIpc) is 2.99. The van der Waals surface area contributed by atoms with Crippen molar-refractivity contribution in [3.05, 3.63) is 64.9 Å². The molecular weight excluding hydrogens is 330 g/mol. The fourth-order valence-corrected chi connectivity index (χ4v) is 2.55. The van der Waals surface area contributed by atoms with Crippen LogP contribution in [0.5, 0.6) is 11.5 Å². The smallest absolute Gasteiger partial charge is 0.363 e. The molecular formula is C21H21NO4. The van der Waals surface area contributed by atoms with Crippen molar-refractivity contribution in [1.82, 2.24) is 0 Å². The first kappa shape index (κ1) is 17.7. The van der Waals surface area contributed by atoms with Crippen molar-refractivity contribution >= 4 is 17.9 Å². The number of ether oxygens (including phenoxy) is 3. The number of esters is 1. The Kier molecular flexibility index (Phi) is 5.37. The number of aryl methyl sites for hydroxylation is 1. The van der Waals surface area contributed by atoms with Crippen molar-refractivity contribution in [2.45, 2.75) is 20.8 Å². The van der Waals surface area contributed by atoms with Gasteiger partial charge in [-0.3, -0.25) is 0 Å². The van der Waals surface area contributed by atoms with Gasteiger partial charge in [0.05, 0.1) is 13.2 Å². The molecule has 0 spiro atoms. The van der Waals surface area contributed by atoms with Crippen LogP contribution in [0.4, 0.5) is 0 Å². The van der Waals surface area contributed by atoms with Crippen LogP contribution in [0.25, 0.3) is 6.08 Å². The van der Waals surface area contributed by atoms with Gasteiger partial charge in [0, 0.05) is 17.2 Å². The Hall–Kier alpha value is -3.08. The van der Waals surface area contributed by atoms with Crippen LogP contribution in [0, 0.1) is 6.92 Å². The fraction of sp³-hybridized carbons (Fsp3) is 0.238. The molecule has 0 amide bonds. The van der Waals surface area contributed by atoms with Crippen LogP contribution >= 0.6 is 0 Å². The standard InChI is InChI=1S/C21H21NO4/c1-4-24-17-11-10-16(19(13-17)25-5-2)12-18-21(23)26-20(22-18)15-8-6-14(3)7-9-15/h6-13H,4-5H2,1-3H3/b18-12-. The fourth-order valence-electron chi connectivity index (χ4n) is 2.55. The van der Waals surface area contributed by atoms with E-state index in [0.717, 1.165) is 22.4 Å². The molecule has 1 aliphatic rings. The molecule has 0 aliphatic carbocycles. The minimum absolute atomic E-state index is 0.241. The molecule has 0 radical (unpaired) electrons. The molecule has 26 heavy (non-hydrogen) atoms. The molecule has 2 aromatic carbocycles. The third kappa shape index (κ3) is 3.94. The molecule has 5 nitrogen and oxygen atoms in total. The average molecular weight is 351 g/mol. The normalized spacial score (nSPS) is 15.0. The monoisotopic (exact) mass is 351 g/mol. The molecule has 0 saturated heterocycles. The molecule has 0 aromatic heterocycles. The Balaban J connectivity index is 1.93. The zero-order chi connectivity index (χ0) is 18.5. The second-order valence-electron chi connectivity index (χ2n) is 5.77. The molecule has 1 aliphatic heterocycles. The number of aliphatic imine (C=N–C) groups is 1. The summed E-state index contributed by atoms with van der Waals surface area (Å²) < 4.78 is 16.5. The number of carbonyl (C=O) groups is 1. The molecule has 3 rings (SSSR count). The number of hydrogen-bond donors (Lipinski definition) is 0. The summed E-state index contributed by atoms with van der Waals surface area (Å²) in [6.45, 7) is 6.91. The Morgan fingerprint density at radius 3 is 2.46 bits per heavy atom. The van der Waals surface area contributed by atoms with Crippen molar-refractivity contribution in [3.8, 4) is 11.5 Å². The van der Waals surface area contributed by atoms with Gasteiger partial charge in [0.2, 0.25) is 5.90 Å². The summed E-state index contributed by atoms with van der Waals surface area (Å²) >= 11 is 0. The van der Waals surface area contributed by atoms with Gasteiger partial charge in [0.1, 0.15) is 11.5 Å². The molecule has 0 N–H and O–H groups in total. The van der Waals surface area contributed by atoms with Gasteiger partial charge in [0.25, 0.3) is 0 Å². The molecule has 0 bridgehead atoms. The minimum atomic E-state index is -0.475. The lowest BCUT2D eigenvalue weighted by Crippen LogP contribution is -2.05. The highest BCUT2D eigenvalue weighted by Crippen LogP contribution is 2.29. The van der Waals surface area contributed by atoms with E-state index in [0.29, 0.717) is 24.9 Å². The molecule has 0 atom stereocenters. The molecule has 1 heterocycles. The van der Waals surface area contributed by atoms with Crippen LogP contribution in [0.3, 0.4) is 0 Å². The number of carbonyl (C=O) groups excluding carboxylic acids is 1. The molecule has 0 saturated carbocycles. The number of nitrogens with zero attached hydrogens (tertiary/aromatic N) is 1. The predicted octanol–water partition coefficient (Wildman–Crippen LogP) is 4.14. The summed E-state index contributed by atoms with van der Waals surface area (Å²) in [6, 6.07) is 13.2. The van der Waals surface area contributed by atoms with Crippen molar-refractivity contribution < 1.29 is 19.0 Å². The highest BCUT2D eigenvalue weighted by atomic mass is 16.6. The lowest BCUT2D eigenvalue weighted by Gasteiger charge is -2.10. The topological polar surface area (TPSA) is 57.1 Å². The van der Waals surface area contributed by atoms with E-state index in [2.05, 4.69) is 4.99 Å². The maximum absolute atomic E-state index is 12.2. The van der Waals surface area contributed by atoms with E-state index >= 15 is 0 Å². The van der Waals surface area contributed by atoms with Crippen LogP contribution in [0.1, 0.15) is 30.5 Å². The maximum Gasteiger partial charge on any atom is 0.363 e. The van der Waals surface area contributed by atoms with E-state index in [1.165, 1.54) is 0 Å². The largest absolute Gasteiger partial charge is 0.494 e.